The number of nitrogens with one attached hydrogen (secondary N) is 1. The van der Waals surface area contributed by atoms with E-state index in [2.05, 4.69) is 15.3 Å². The molecule has 2 aromatic heterocycles. The molecule has 2 rings (SSSR count). The zero-order valence-corrected chi connectivity index (χ0v) is 14.8. The minimum atomic E-state index is -1.08. The molecule has 144 valence electrons. The van der Waals surface area contributed by atoms with Gasteiger partial charge in [-0.05, 0) is 24.3 Å². The van der Waals surface area contributed by atoms with Crippen LogP contribution in [0.15, 0.2) is 36.4 Å². The average molecular weight is 373 g/mol. The van der Waals surface area contributed by atoms with Gasteiger partial charge in [0.25, 0.3) is 0 Å². The number of pyridine rings is 2. The summed E-state index contributed by atoms with van der Waals surface area (Å²) in [6.07, 6.45) is 0. The summed E-state index contributed by atoms with van der Waals surface area (Å²) in [5.74, 6) is -2.16. The van der Waals surface area contributed by atoms with Gasteiger partial charge in [-0.15, -0.1) is 0 Å². The Labute approximate surface area is 156 Å². The summed E-state index contributed by atoms with van der Waals surface area (Å²) in [5, 5.41) is 21.4. The SMILES string of the molecule is NCCNCCN(Cc1cccc(C(=O)O)n1)Cc1cccc(C(=O)O)n1. The lowest BCUT2D eigenvalue weighted by Gasteiger charge is -2.22. The molecule has 0 bridgehead atoms. The van der Waals surface area contributed by atoms with Crippen molar-refractivity contribution >= 4 is 11.9 Å². The third-order valence-electron chi connectivity index (χ3n) is 3.75. The van der Waals surface area contributed by atoms with Gasteiger partial charge in [0.05, 0.1) is 11.4 Å². The Hall–Kier alpha value is -2.88. The molecule has 0 radical (unpaired) electrons. The third kappa shape index (κ3) is 6.74. The molecular formula is C18H23N5O4. The summed E-state index contributed by atoms with van der Waals surface area (Å²) in [6, 6.07) is 9.70. The number of aromatic carboxylic acids is 2. The lowest BCUT2D eigenvalue weighted by Crippen LogP contribution is -2.34. The molecule has 2 heterocycles. The van der Waals surface area contributed by atoms with Crippen LogP contribution in [0.4, 0.5) is 0 Å². The van der Waals surface area contributed by atoms with Gasteiger partial charge in [0, 0.05) is 39.3 Å². The first-order valence-corrected chi connectivity index (χ1v) is 8.51. The summed E-state index contributed by atoms with van der Waals surface area (Å²) < 4.78 is 0. The molecule has 0 amide bonds. The first-order valence-electron chi connectivity index (χ1n) is 8.51. The number of carboxylic acids is 2. The van der Waals surface area contributed by atoms with Crippen molar-refractivity contribution in [2.24, 2.45) is 5.73 Å². The Morgan fingerprint density at radius 3 is 1.89 bits per heavy atom. The standard InChI is InChI=1S/C18H23N5O4/c19-7-8-20-9-10-23(11-13-3-1-5-15(21-13)17(24)25)12-14-4-2-6-16(22-14)18(26)27/h1-6,20H,7-12,19H2,(H,24,25)(H,26,27). The van der Waals surface area contributed by atoms with E-state index in [1.165, 1.54) is 12.1 Å². The molecule has 0 saturated carbocycles. The van der Waals surface area contributed by atoms with Gasteiger partial charge in [0.1, 0.15) is 11.4 Å². The van der Waals surface area contributed by atoms with E-state index in [0.717, 1.165) is 0 Å². The molecule has 0 spiro atoms. The van der Waals surface area contributed by atoms with Crippen LogP contribution in [-0.2, 0) is 13.1 Å². The minimum Gasteiger partial charge on any atom is -0.477 e. The van der Waals surface area contributed by atoms with Crippen LogP contribution in [0.5, 0.6) is 0 Å². The molecular weight excluding hydrogens is 350 g/mol. The maximum atomic E-state index is 11.1. The summed E-state index contributed by atoms with van der Waals surface area (Å²) >= 11 is 0. The van der Waals surface area contributed by atoms with Crippen LogP contribution in [0.2, 0.25) is 0 Å². The van der Waals surface area contributed by atoms with Gasteiger partial charge in [0.15, 0.2) is 0 Å². The molecule has 9 nitrogen and oxygen atoms in total. The van der Waals surface area contributed by atoms with E-state index in [4.69, 9.17) is 15.9 Å². The van der Waals surface area contributed by atoms with E-state index in [-0.39, 0.29) is 11.4 Å². The largest absolute Gasteiger partial charge is 0.477 e. The summed E-state index contributed by atoms with van der Waals surface area (Å²) in [6.45, 7) is 3.35. The second-order valence-electron chi connectivity index (χ2n) is 5.89. The van der Waals surface area contributed by atoms with Gasteiger partial charge < -0.3 is 21.3 Å². The Balaban J connectivity index is 2.12. The third-order valence-corrected chi connectivity index (χ3v) is 3.75. The second kappa shape index (κ2) is 10.3. The Kier molecular flexibility index (Phi) is 7.80. The van der Waals surface area contributed by atoms with Crippen LogP contribution in [0.3, 0.4) is 0 Å². The van der Waals surface area contributed by atoms with Crippen LogP contribution in [0.25, 0.3) is 0 Å². The van der Waals surface area contributed by atoms with Crippen molar-refractivity contribution in [1.82, 2.24) is 20.2 Å². The van der Waals surface area contributed by atoms with E-state index < -0.39 is 11.9 Å². The summed E-state index contributed by atoms with van der Waals surface area (Å²) in [7, 11) is 0. The fourth-order valence-corrected chi connectivity index (χ4v) is 2.51. The van der Waals surface area contributed by atoms with Gasteiger partial charge in [-0.2, -0.15) is 0 Å². The normalized spacial score (nSPS) is 10.9. The van der Waals surface area contributed by atoms with Crippen molar-refractivity contribution in [1.29, 1.82) is 0 Å². The number of nitrogens with two attached hydrogens (primary N) is 1. The lowest BCUT2D eigenvalue weighted by atomic mass is 10.2. The van der Waals surface area contributed by atoms with E-state index >= 15 is 0 Å². The molecule has 0 aromatic carbocycles. The number of carboxylic acid groups (broad SMARTS) is 2. The number of hydrogen-bond donors (Lipinski definition) is 4. The quantitative estimate of drug-likeness (QED) is 0.412. The monoisotopic (exact) mass is 373 g/mol. The molecule has 0 aliphatic rings. The maximum absolute atomic E-state index is 11.1. The van der Waals surface area contributed by atoms with E-state index in [1.54, 1.807) is 24.3 Å². The van der Waals surface area contributed by atoms with Crippen molar-refractivity contribution < 1.29 is 19.8 Å². The van der Waals surface area contributed by atoms with Crippen LogP contribution in [0.1, 0.15) is 32.4 Å². The predicted octanol–water partition coefficient (Wildman–Crippen LogP) is 0.424. The van der Waals surface area contributed by atoms with Crippen LogP contribution in [0, 0.1) is 0 Å². The molecule has 2 aromatic rings. The highest BCUT2D eigenvalue weighted by atomic mass is 16.4. The van der Waals surface area contributed by atoms with Crippen molar-refractivity contribution in [3.05, 3.63) is 59.2 Å². The van der Waals surface area contributed by atoms with Gasteiger partial charge in [0.2, 0.25) is 0 Å². The first-order chi connectivity index (χ1) is 13.0. The number of rotatable bonds is 11. The molecule has 0 fully saturated rings. The number of aromatic nitrogens is 2. The van der Waals surface area contributed by atoms with E-state index in [9.17, 15) is 9.59 Å². The molecule has 0 saturated heterocycles. The zero-order chi connectivity index (χ0) is 19.6. The molecule has 5 N–H and O–H groups in total. The fourth-order valence-electron chi connectivity index (χ4n) is 2.51. The molecule has 9 heteroatoms. The highest BCUT2D eigenvalue weighted by Gasteiger charge is 2.12. The predicted molar refractivity (Wildman–Crippen MR) is 98.4 cm³/mol. The Morgan fingerprint density at radius 2 is 1.44 bits per heavy atom. The van der Waals surface area contributed by atoms with Crippen molar-refractivity contribution in [2.75, 3.05) is 26.2 Å². The van der Waals surface area contributed by atoms with Crippen LogP contribution >= 0.6 is 0 Å². The molecule has 0 atom stereocenters. The van der Waals surface area contributed by atoms with Crippen molar-refractivity contribution in [3.63, 3.8) is 0 Å². The van der Waals surface area contributed by atoms with Gasteiger partial charge in [-0.1, -0.05) is 12.1 Å². The molecule has 27 heavy (non-hydrogen) atoms. The highest BCUT2D eigenvalue weighted by Crippen LogP contribution is 2.09. The summed E-state index contributed by atoms with van der Waals surface area (Å²) in [5.41, 5.74) is 6.67. The molecule has 0 aliphatic carbocycles. The topological polar surface area (TPSA) is 142 Å². The van der Waals surface area contributed by atoms with Crippen molar-refractivity contribution in [2.45, 2.75) is 13.1 Å². The molecule has 0 unspecified atom stereocenters. The molecule has 0 aliphatic heterocycles. The maximum Gasteiger partial charge on any atom is 0.354 e. The highest BCUT2D eigenvalue weighted by molar-refractivity contribution is 5.85. The Morgan fingerprint density at radius 1 is 0.926 bits per heavy atom. The smallest absolute Gasteiger partial charge is 0.354 e. The zero-order valence-electron chi connectivity index (χ0n) is 14.8. The van der Waals surface area contributed by atoms with Crippen molar-refractivity contribution in [3.8, 4) is 0 Å². The number of hydrogen-bond acceptors (Lipinski definition) is 7. The number of nitrogens with zero attached hydrogens (tertiary/aromatic N) is 3. The average Bonchev–Trinajstić information content (AvgIpc) is 2.65. The number of carbonyl (C=O) groups is 2. The van der Waals surface area contributed by atoms with E-state index in [1.807, 2.05) is 4.90 Å². The fraction of sp³-hybridized carbons (Fsp3) is 0.333. The van der Waals surface area contributed by atoms with Gasteiger partial charge >= 0.3 is 11.9 Å². The lowest BCUT2D eigenvalue weighted by molar-refractivity contribution is 0.0679. The van der Waals surface area contributed by atoms with Crippen LogP contribution in [-0.4, -0.2) is 63.2 Å². The minimum absolute atomic E-state index is 0.0142. The van der Waals surface area contributed by atoms with Gasteiger partial charge in [-0.25, -0.2) is 19.6 Å². The van der Waals surface area contributed by atoms with E-state index in [0.29, 0.717) is 50.7 Å². The Bertz CT molecular complexity index is 724. The first kappa shape index (κ1) is 20.4. The summed E-state index contributed by atoms with van der Waals surface area (Å²) in [4.78, 5) is 32.5. The van der Waals surface area contributed by atoms with Crippen LogP contribution < -0.4 is 11.1 Å². The van der Waals surface area contributed by atoms with Gasteiger partial charge in [-0.3, -0.25) is 4.90 Å². The second-order valence-corrected chi connectivity index (χ2v) is 5.89.